The number of imide groups is 2. The van der Waals surface area contributed by atoms with E-state index in [1.54, 1.807) is 18.2 Å². The highest BCUT2D eigenvalue weighted by Crippen LogP contribution is 2.24. The first-order chi connectivity index (χ1) is 17.4. The molecule has 1 aromatic heterocycles. The molecule has 182 valence electrons. The Morgan fingerprint density at radius 2 is 1.83 bits per heavy atom. The molecular weight excluding hydrogens is 470 g/mol. The molecule has 1 saturated heterocycles. The second kappa shape index (κ2) is 10.3. The Hall–Kier alpha value is -5.26. The molecule has 3 N–H and O–H groups in total. The van der Waals surface area contributed by atoms with E-state index in [1.165, 1.54) is 55.8 Å². The number of amides is 6. The fourth-order valence-electron chi connectivity index (χ4n) is 3.26. The maximum Gasteiger partial charge on any atom is 0.335 e. The molecular formula is C24H19N5O7. The molecule has 0 aliphatic carbocycles. The molecule has 1 aliphatic heterocycles. The number of hydrogen-bond donors (Lipinski definition) is 3. The highest BCUT2D eigenvalue weighted by Gasteiger charge is 2.40. The Morgan fingerprint density at radius 1 is 1.06 bits per heavy atom. The van der Waals surface area contributed by atoms with Gasteiger partial charge in [-0.2, -0.15) is 5.10 Å². The van der Waals surface area contributed by atoms with E-state index in [2.05, 4.69) is 21.2 Å². The topological polar surface area (TPSA) is 159 Å². The van der Waals surface area contributed by atoms with E-state index >= 15 is 0 Å². The number of hydrogen-bond acceptors (Lipinski definition) is 8. The fourth-order valence-corrected chi connectivity index (χ4v) is 3.26. The first kappa shape index (κ1) is 23.9. The van der Waals surface area contributed by atoms with E-state index in [4.69, 9.17) is 9.15 Å². The maximum absolute atomic E-state index is 12.9. The normalized spacial score (nSPS) is 15.5. The van der Waals surface area contributed by atoms with Crippen molar-refractivity contribution in [1.82, 2.24) is 10.7 Å². The average molecular weight is 489 g/mol. The van der Waals surface area contributed by atoms with Crippen molar-refractivity contribution in [2.24, 2.45) is 11.0 Å². The van der Waals surface area contributed by atoms with E-state index in [1.807, 2.05) is 0 Å². The van der Waals surface area contributed by atoms with Crippen LogP contribution in [-0.4, -0.2) is 43.0 Å². The van der Waals surface area contributed by atoms with Crippen LogP contribution in [0.2, 0.25) is 0 Å². The number of barbiturate groups is 1. The maximum atomic E-state index is 12.9. The number of carbonyl (C=O) groups is 5. The fraction of sp³-hybridized carbons (Fsp3) is 0.0833. The molecule has 0 unspecified atom stereocenters. The number of hydrazone groups is 1. The van der Waals surface area contributed by atoms with Gasteiger partial charge in [-0.3, -0.25) is 24.5 Å². The van der Waals surface area contributed by atoms with Gasteiger partial charge in [-0.25, -0.2) is 15.1 Å². The lowest BCUT2D eigenvalue weighted by Crippen LogP contribution is -2.58. The average Bonchev–Trinajstić information content (AvgIpc) is 3.42. The molecule has 4 rings (SSSR count). The molecule has 12 nitrogen and oxygen atoms in total. The van der Waals surface area contributed by atoms with Crippen molar-refractivity contribution >= 4 is 47.2 Å². The lowest BCUT2D eigenvalue weighted by atomic mass is 10.1. The van der Waals surface area contributed by atoms with Gasteiger partial charge in [-0.15, -0.1) is 0 Å². The SMILES string of the molecule is COc1cccc(N2C(=O)NC(=O)[C@H](/C=N\NC(=O)c3ccc(NC(=O)c4ccco4)cc3)C2=O)c1. The van der Waals surface area contributed by atoms with Crippen LogP contribution in [0, 0.1) is 5.92 Å². The van der Waals surface area contributed by atoms with E-state index < -0.39 is 35.6 Å². The van der Waals surface area contributed by atoms with Crippen LogP contribution in [0.1, 0.15) is 20.9 Å². The lowest BCUT2D eigenvalue weighted by molar-refractivity contribution is -0.131. The van der Waals surface area contributed by atoms with Crippen molar-refractivity contribution < 1.29 is 33.1 Å². The van der Waals surface area contributed by atoms with Gasteiger partial charge in [0.2, 0.25) is 5.91 Å². The van der Waals surface area contributed by atoms with Crippen LogP contribution in [-0.2, 0) is 9.59 Å². The molecule has 0 radical (unpaired) electrons. The second-order valence-electron chi connectivity index (χ2n) is 7.38. The molecule has 1 aliphatic rings. The van der Waals surface area contributed by atoms with E-state index in [9.17, 15) is 24.0 Å². The van der Waals surface area contributed by atoms with Gasteiger partial charge < -0.3 is 14.5 Å². The number of rotatable bonds is 7. The smallest absolute Gasteiger partial charge is 0.335 e. The van der Waals surface area contributed by atoms with Crippen LogP contribution in [0.15, 0.2) is 76.4 Å². The van der Waals surface area contributed by atoms with Gasteiger partial charge in [0.05, 0.1) is 19.1 Å². The predicted molar refractivity (Wildman–Crippen MR) is 127 cm³/mol. The molecule has 3 aromatic rings. The molecule has 12 heteroatoms. The molecule has 0 bridgehead atoms. The molecule has 1 fully saturated rings. The lowest BCUT2D eigenvalue weighted by Gasteiger charge is -2.28. The van der Waals surface area contributed by atoms with Crippen LogP contribution >= 0.6 is 0 Å². The monoisotopic (exact) mass is 489 g/mol. The zero-order valence-corrected chi connectivity index (χ0v) is 18.8. The highest BCUT2D eigenvalue weighted by molar-refractivity contribution is 6.32. The van der Waals surface area contributed by atoms with Gasteiger partial charge in [0.15, 0.2) is 11.7 Å². The van der Waals surface area contributed by atoms with E-state index in [-0.39, 0.29) is 17.0 Å². The van der Waals surface area contributed by atoms with Crippen molar-refractivity contribution in [2.45, 2.75) is 0 Å². The number of nitrogens with zero attached hydrogens (tertiary/aromatic N) is 2. The molecule has 1 atom stereocenters. The standard InChI is InChI=1S/C24H19N5O7/c1-35-17-5-2-4-16(12-17)29-23(33)18(21(31)27-24(29)34)13-25-28-20(30)14-7-9-15(10-8-14)26-22(32)19-6-3-11-36-19/h2-13,18H,1H3,(H,26,32)(H,28,30)(H,27,31,34)/b25-13-/t18-/m0/s1. The van der Waals surface area contributed by atoms with Crippen molar-refractivity contribution in [3.63, 3.8) is 0 Å². The highest BCUT2D eigenvalue weighted by atomic mass is 16.5. The largest absolute Gasteiger partial charge is 0.497 e. The van der Waals surface area contributed by atoms with Crippen LogP contribution in [0.3, 0.4) is 0 Å². The minimum Gasteiger partial charge on any atom is -0.497 e. The molecule has 0 spiro atoms. The summed E-state index contributed by atoms with van der Waals surface area (Å²) in [7, 11) is 1.43. The number of methoxy groups -OCH3 is 1. The van der Waals surface area contributed by atoms with Gasteiger partial charge >= 0.3 is 6.03 Å². The summed E-state index contributed by atoms with van der Waals surface area (Å²) in [5.41, 5.74) is 3.06. The van der Waals surface area contributed by atoms with E-state index in [0.717, 1.165) is 11.1 Å². The van der Waals surface area contributed by atoms with Crippen LogP contribution in [0.5, 0.6) is 5.75 Å². The van der Waals surface area contributed by atoms with Gasteiger partial charge in [0, 0.05) is 23.5 Å². The van der Waals surface area contributed by atoms with E-state index in [0.29, 0.717) is 11.4 Å². The zero-order chi connectivity index (χ0) is 25.7. The first-order valence-corrected chi connectivity index (χ1v) is 10.5. The Balaban J connectivity index is 1.39. The van der Waals surface area contributed by atoms with Crippen molar-refractivity contribution in [3.05, 3.63) is 78.3 Å². The summed E-state index contributed by atoms with van der Waals surface area (Å²) in [6.07, 6.45) is 2.31. The Kier molecular flexibility index (Phi) is 6.86. The summed E-state index contributed by atoms with van der Waals surface area (Å²) in [6, 6.07) is 14.3. The minimum atomic E-state index is -1.45. The second-order valence-corrected chi connectivity index (χ2v) is 7.38. The summed E-state index contributed by atoms with van der Waals surface area (Å²) < 4.78 is 10.1. The van der Waals surface area contributed by atoms with Crippen LogP contribution in [0.4, 0.5) is 16.2 Å². The number of anilines is 2. The summed E-state index contributed by atoms with van der Waals surface area (Å²) in [5, 5.41) is 8.42. The predicted octanol–water partition coefficient (Wildman–Crippen LogP) is 2.16. The molecule has 2 aromatic carbocycles. The number of benzene rings is 2. The van der Waals surface area contributed by atoms with Crippen molar-refractivity contribution in [1.29, 1.82) is 0 Å². The van der Waals surface area contributed by atoms with Crippen molar-refractivity contribution in [2.75, 3.05) is 17.3 Å². The molecule has 2 heterocycles. The first-order valence-electron chi connectivity index (χ1n) is 10.5. The third-order valence-corrected chi connectivity index (χ3v) is 5.05. The quantitative estimate of drug-likeness (QED) is 0.260. The Labute approximate surface area is 203 Å². The van der Waals surface area contributed by atoms with Gasteiger partial charge in [-0.05, 0) is 48.5 Å². The van der Waals surface area contributed by atoms with Crippen LogP contribution in [0.25, 0.3) is 0 Å². The number of furan rings is 1. The molecule has 0 saturated carbocycles. The van der Waals surface area contributed by atoms with Gasteiger partial charge in [-0.1, -0.05) is 6.07 Å². The number of carbonyl (C=O) groups excluding carboxylic acids is 5. The summed E-state index contributed by atoms with van der Waals surface area (Å²) in [5.74, 6) is -3.69. The number of ether oxygens (including phenoxy) is 1. The summed E-state index contributed by atoms with van der Waals surface area (Å²) in [6.45, 7) is 0. The summed E-state index contributed by atoms with van der Waals surface area (Å²) in [4.78, 5) is 62.5. The molecule has 36 heavy (non-hydrogen) atoms. The molecule has 6 amide bonds. The number of nitrogens with one attached hydrogen (secondary N) is 3. The Bertz CT molecular complexity index is 1350. The van der Waals surface area contributed by atoms with Crippen molar-refractivity contribution in [3.8, 4) is 5.75 Å². The number of urea groups is 1. The van der Waals surface area contributed by atoms with Gasteiger partial charge in [0.1, 0.15) is 5.75 Å². The minimum absolute atomic E-state index is 0.138. The summed E-state index contributed by atoms with van der Waals surface area (Å²) >= 11 is 0. The van der Waals surface area contributed by atoms with Gasteiger partial charge in [0.25, 0.3) is 17.7 Å². The zero-order valence-electron chi connectivity index (χ0n) is 18.8. The Morgan fingerprint density at radius 3 is 2.53 bits per heavy atom. The third-order valence-electron chi connectivity index (χ3n) is 5.05. The van der Waals surface area contributed by atoms with Crippen LogP contribution < -0.4 is 25.7 Å². The third kappa shape index (κ3) is 5.12.